The molecule has 5 nitrogen and oxygen atoms in total. The van der Waals surface area contributed by atoms with Crippen molar-refractivity contribution in [2.24, 2.45) is 0 Å². The Labute approximate surface area is 162 Å². The molecule has 1 N–H and O–H groups in total. The Morgan fingerprint density at radius 3 is 2.41 bits per heavy atom. The topological polar surface area (TPSA) is 50.8 Å². The van der Waals surface area contributed by atoms with Crippen LogP contribution in [0.5, 0.6) is 11.5 Å². The Bertz CT molecular complexity index is 759. The van der Waals surface area contributed by atoms with Crippen molar-refractivity contribution < 1.29 is 14.3 Å². The molecule has 146 valence electrons. The lowest BCUT2D eigenvalue weighted by atomic mass is 10.1. The van der Waals surface area contributed by atoms with Crippen LogP contribution in [0.2, 0.25) is 0 Å². The number of hydrogen-bond acceptors (Lipinski definition) is 4. The molecule has 0 aliphatic heterocycles. The summed E-state index contributed by atoms with van der Waals surface area (Å²) in [6.07, 6.45) is -0.565. The highest BCUT2D eigenvalue weighted by molar-refractivity contribution is 5.80. The first-order chi connectivity index (χ1) is 12.9. The first-order valence-corrected chi connectivity index (χ1v) is 9.30. The standard InChI is InChI=1S/C22H30N2O3/c1-6-26-21-13-19(15-23-14-18-9-7-8-16(2)12-18)10-11-20(21)27-17(3)22(25)24(4)5/h7-13,17,23H,6,14-15H2,1-5H3. The SMILES string of the molecule is CCOc1cc(CNCc2cccc(C)c2)ccc1OC(C)C(=O)N(C)C. The van der Waals surface area contributed by atoms with Crippen LogP contribution < -0.4 is 14.8 Å². The average molecular weight is 370 g/mol. The van der Waals surface area contributed by atoms with Gasteiger partial charge in [0.1, 0.15) is 0 Å². The van der Waals surface area contributed by atoms with Crippen LogP contribution in [0.25, 0.3) is 0 Å². The van der Waals surface area contributed by atoms with Crippen molar-refractivity contribution in [1.82, 2.24) is 10.2 Å². The van der Waals surface area contributed by atoms with Gasteiger partial charge in [0.25, 0.3) is 5.91 Å². The van der Waals surface area contributed by atoms with Crippen LogP contribution in [0.15, 0.2) is 42.5 Å². The molecule has 0 saturated carbocycles. The Morgan fingerprint density at radius 2 is 1.78 bits per heavy atom. The summed E-state index contributed by atoms with van der Waals surface area (Å²) >= 11 is 0. The lowest BCUT2D eigenvalue weighted by molar-refractivity contribution is -0.135. The van der Waals surface area contributed by atoms with Gasteiger partial charge in [-0.15, -0.1) is 0 Å². The van der Waals surface area contributed by atoms with Gasteiger partial charge in [-0.1, -0.05) is 35.9 Å². The monoisotopic (exact) mass is 370 g/mol. The van der Waals surface area contributed by atoms with E-state index >= 15 is 0 Å². The molecular weight excluding hydrogens is 340 g/mol. The molecule has 0 bridgehead atoms. The molecule has 27 heavy (non-hydrogen) atoms. The number of aryl methyl sites for hydroxylation is 1. The molecule has 0 heterocycles. The van der Waals surface area contributed by atoms with Crippen LogP contribution in [-0.2, 0) is 17.9 Å². The van der Waals surface area contributed by atoms with E-state index in [9.17, 15) is 4.79 Å². The third kappa shape index (κ3) is 6.29. The summed E-state index contributed by atoms with van der Waals surface area (Å²) in [6.45, 7) is 7.83. The Kier molecular flexibility index (Phi) is 7.67. The van der Waals surface area contributed by atoms with Gasteiger partial charge in [0.15, 0.2) is 17.6 Å². The number of ether oxygens (including phenoxy) is 2. The maximum absolute atomic E-state index is 12.0. The highest BCUT2D eigenvalue weighted by atomic mass is 16.5. The highest BCUT2D eigenvalue weighted by Crippen LogP contribution is 2.29. The van der Waals surface area contributed by atoms with Crippen molar-refractivity contribution in [2.75, 3.05) is 20.7 Å². The molecule has 0 saturated heterocycles. The van der Waals surface area contributed by atoms with Crippen LogP contribution in [0.1, 0.15) is 30.5 Å². The number of nitrogens with one attached hydrogen (secondary N) is 1. The van der Waals surface area contributed by atoms with Gasteiger partial charge in [-0.3, -0.25) is 4.79 Å². The fourth-order valence-corrected chi connectivity index (χ4v) is 2.81. The molecule has 5 heteroatoms. The number of amides is 1. The summed E-state index contributed by atoms with van der Waals surface area (Å²) in [4.78, 5) is 13.6. The maximum atomic E-state index is 12.0. The second kappa shape index (κ2) is 9.97. The number of carbonyl (C=O) groups is 1. The summed E-state index contributed by atoms with van der Waals surface area (Å²) in [6, 6.07) is 14.3. The lowest BCUT2D eigenvalue weighted by Gasteiger charge is -2.20. The smallest absolute Gasteiger partial charge is 0.262 e. The molecule has 0 fully saturated rings. The van der Waals surface area contributed by atoms with Gasteiger partial charge in [0.05, 0.1) is 6.61 Å². The molecule has 0 aromatic heterocycles. The number of likely N-dealkylation sites (N-methyl/N-ethyl adjacent to an activating group) is 1. The molecule has 2 rings (SSSR count). The average Bonchev–Trinajstić information content (AvgIpc) is 2.63. The fourth-order valence-electron chi connectivity index (χ4n) is 2.81. The number of hydrogen-bond donors (Lipinski definition) is 1. The van der Waals surface area contributed by atoms with Gasteiger partial charge in [-0.2, -0.15) is 0 Å². The van der Waals surface area contributed by atoms with Gasteiger partial charge < -0.3 is 19.7 Å². The number of carbonyl (C=O) groups excluding carboxylic acids is 1. The molecule has 0 radical (unpaired) electrons. The Hall–Kier alpha value is -2.53. The summed E-state index contributed by atoms with van der Waals surface area (Å²) in [5.74, 6) is 1.16. The molecule has 1 unspecified atom stereocenters. The zero-order valence-electron chi connectivity index (χ0n) is 16.9. The molecule has 0 aliphatic carbocycles. The molecular formula is C22H30N2O3. The van der Waals surface area contributed by atoms with Crippen LogP contribution in [0.3, 0.4) is 0 Å². The van der Waals surface area contributed by atoms with E-state index in [2.05, 4.69) is 36.5 Å². The Balaban J connectivity index is 2.02. The Morgan fingerprint density at radius 1 is 1.07 bits per heavy atom. The fraction of sp³-hybridized carbons (Fsp3) is 0.409. The van der Waals surface area contributed by atoms with E-state index in [4.69, 9.17) is 9.47 Å². The second-order valence-electron chi connectivity index (χ2n) is 6.80. The van der Waals surface area contributed by atoms with E-state index in [1.54, 1.807) is 21.0 Å². The van der Waals surface area contributed by atoms with Crippen LogP contribution in [0.4, 0.5) is 0 Å². The summed E-state index contributed by atoms with van der Waals surface area (Å²) < 4.78 is 11.5. The molecule has 2 aromatic carbocycles. The predicted molar refractivity (Wildman–Crippen MR) is 108 cm³/mol. The first-order valence-electron chi connectivity index (χ1n) is 9.30. The molecule has 1 amide bonds. The maximum Gasteiger partial charge on any atom is 0.262 e. The van der Waals surface area contributed by atoms with Crippen molar-refractivity contribution >= 4 is 5.91 Å². The number of rotatable bonds is 9. The van der Waals surface area contributed by atoms with Gasteiger partial charge in [-0.25, -0.2) is 0 Å². The van der Waals surface area contributed by atoms with Crippen LogP contribution >= 0.6 is 0 Å². The zero-order chi connectivity index (χ0) is 19.8. The lowest BCUT2D eigenvalue weighted by Crippen LogP contribution is -2.35. The normalized spacial score (nSPS) is 11.7. The number of benzene rings is 2. The minimum atomic E-state index is -0.565. The zero-order valence-corrected chi connectivity index (χ0v) is 16.9. The molecule has 2 aromatic rings. The van der Waals surface area contributed by atoms with Crippen molar-refractivity contribution in [2.45, 2.75) is 40.0 Å². The third-order valence-corrected chi connectivity index (χ3v) is 4.14. The third-order valence-electron chi connectivity index (χ3n) is 4.14. The minimum Gasteiger partial charge on any atom is -0.490 e. The van der Waals surface area contributed by atoms with E-state index in [0.29, 0.717) is 18.1 Å². The van der Waals surface area contributed by atoms with E-state index < -0.39 is 6.10 Å². The van der Waals surface area contributed by atoms with Crippen LogP contribution in [0, 0.1) is 6.92 Å². The summed E-state index contributed by atoms with van der Waals surface area (Å²) in [5.41, 5.74) is 3.62. The van der Waals surface area contributed by atoms with E-state index in [0.717, 1.165) is 18.7 Å². The van der Waals surface area contributed by atoms with Gasteiger partial charge in [0, 0.05) is 27.2 Å². The van der Waals surface area contributed by atoms with Crippen molar-refractivity contribution in [3.8, 4) is 11.5 Å². The predicted octanol–water partition coefficient (Wildman–Crippen LogP) is 3.54. The van der Waals surface area contributed by atoms with Crippen LogP contribution in [-0.4, -0.2) is 37.6 Å². The molecule has 1 atom stereocenters. The van der Waals surface area contributed by atoms with E-state index in [1.807, 2.05) is 25.1 Å². The van der Waals surface area contributed by atoms with Gasteiger partial charge in [0.2, 0.25) is 0 Å². The van der Waals surface area contributed by atoms with E-state index in [-0.39, 0.29) is 5.91 Å². The summed E-state index contributed by atoms with van der Waals surface area (Å²) in [7, 11) is 3.43. The van der Waals surface area contributed by atoms with Crippen molar-refractivity contribution in [3.05, 3.63) is 59.2 Å². The molecule has 0 aliphatic rings. The van der Waals surface area contributed by atoms with Gasteiger partial charge in [-0.05, 0) is 44.0 Å². The first kappa shape index (κ1) is 20.8. The number of nitrogens with zero attached hydrogens (tertiary/aromatic N) is 1. The minimum absolute atomic E-state index is 0.0821. The quantitative estimate of drug-likeness (QED) is 0.734. The van der Waals surface area contributed by atoms with Gasteiger partial charge >= 0.3 is 0 Å². The molecule has 0 spiro atoms. The largest absolute Gasteiger partial charge is 0.490 e. The second-order valence-corrected chi connectivity index (χ2v) is 6.80. The van der Waals surface area contributed by atoms with Crippen molar-refractivity contribution in [3.63, 3.8) is 0 Å². The highest BCUT2D eigenvalue weighted by Gasteiger charge is 2.18. The van der Waals surface area contributed by atoms with Crippen molar-refractivity contribution in [1.29, 1.82) is 0 Å². The summed E-state index contributed by atoms with van der Waals surface area (Å²) in [5, 5.41) is 3.45. The van der Waals surface area contributed by atoms with E-state index in [1.165, 1.54) is 16.0 Å².